The van der Waals surface area contributed by atoms with Crippen molar-refractivity contribution in [3.63, 3.8) is 0 Å². The van der Waals surface area contributed by atoms with Gasteiger partial charge in [0, 0.05) is 20.7 Å². The van der Waals surface area contributed by atoms with Crippen LogP contribution in [0.5, 0.6) is 0 Å². The molecule has 0 fully saturated rings. The van der Waals surface area contributed by atoms with E-state index in [1.165, 1.54) is 12.1 Å². The van der Waals surface area contributed by atoms with Gasteiger partial charge in [-0.25, -0.2) is 4.39 Å². The van der Waals surface area contributed by atoms with Crippen LogP contribution in [-0.2, 0) is 0 Å². The Bertz CT molecular complexity index is 542. The number of hydrogen-bond donors (Lipinski definition) is 1. The summed E-state index contributed by atoms with van der Waals surface area (Å²) >= 11 is 5.15. The van der Waals surface area contributed by atoms with Crippen molar-refractivity contribution >= 4 is 27.7 Å². The smallest absolute Gasteiger partial charge is 0.123 e. The van der Waals surface area contributed by atoms with Crippen molar-refractivity contribution < 1.29 is 4.39 Å². The predicted molar refractivity (Wildman–Crippen MR) is 82.8 cm³/mol. The maximum atomic E-state index is 13.0. The normalized spacial score (nSPS) is 14.1. The van der Waals surface area contributed by atoms with Crippen molar-refractivity contribution in [2.45, 2.75) is 23.1 Å². The van der Waals surface area contributed by atoms with E-state index in [0.717, 1.165) is 14.9 Å². The number of hydrogen-bond acceptors (Lipinski definition) is 2. The van der Waals surface area contributed by atoms with E-state index < -0.39 is 0 Å². The van der Waals surface area contributed by atoms with Gasteiger partial charge in [0.15, 0.2) is 0 Å². The fraction of sp³-hybridized carbons (Fsp3) is 0.200. The molecule has 2 atom stereocenters. The van der Waals surface area contributed by atoms with E-state index in [4.69, 9.17) is 5.73 Å². The first-order valence-electron chi connectivity index (χ1n) is 5.99. The summed E-state index contributed by atoms with van der Waals surface area (Å²) < 4.78 is 14.0. The Morgan fingerprint density at radius 3 is 2.42 bits per heavy atom. The van der Waals surface area contributed by atoms with Crippen molar-refractivity contribution in [2.24, 2.45) is 5.73 Å². The van der Waals surface area contributed by atoms with Crippen molar-refractivity contribution in [1.82, 2.24) is 0 Å². The molecule has 2 aromatic rings. The molecular weight excluding hydrogens is 325 g/mol. The second-order valence-electron chi connectivity index (χ2n) is 4.41. The first-order chi connectivity index (χ1) is 9.06. The Kier molecular flexibility index (Phi) is 5.02. The third-order valence-electron chi connectivity index (χ3n) is 2.74. The van der Waals surface area contributed by atoms with Crippen LogP contribution in [-0.4, -0.2) is 6.04 Å². The van der Waals surface area contributed by atoms with Crippen molar-refractivity contribution in [3.8, 4) is 0 Å². The molecule has 4 heteroatoms. The highest BCUT2D eigenvalue weighted by atomic mass is 79.9. The summed E-state index contributed by atoms with van der Waals surface area (Å²) in [5.41, 5.74) is 7.11. The molecular formula is C15H15BrFNS. The molecule has 19 heavy (non-hydrogen) atoms. The maximum Gasteiger partial charge on any atom is 0.123 e. The lowest BCUT2D eigenvalue weighted by Gasteiger charge is -2.21. The van der Waals surface area contributed by atoms with Gasteiger partial charge in [-0.3, -0.25) is 0 Å². The van der Waals surface area contributed by atoms with Gasteiger partial charge in [-0.05, 0) is 42.8 Å². The fourth-order valence-electron chi connectivity index (χ4n) is 1.82. The summed E-state index contributed by atoms with van der Waals surface area (Å²) in [4.78, 5) is 1.14. The van der Waals surface area contributed by atoms with Gasteiger partial charge in [0.25, 0.3) is 0 Å². The van der Waals surface area contributed by atoms with Crippen LogP contribution >= 0.6 is 27.7 Å². The summed E-state index contributed by atoms with van der Waals surface area (Å²) in [5, 5.41) is 0.106. The second-order valence-corrected chi connectivity index (χ2v) is 6.54. The highest BCUT2D eigenvalue weighted by Crippen LogP contribution is 2.37. The number of rotatable bonds is 4. The largest absolute Gasteiger partial charge is 0.327 e. The average Bonchev–Trinajstić information content (AvgIpc) is 2.37. The number of benzene rings is 2. The molecule has 0 saturated heterocycles. The standard InChI is InChI=1S/C15H15BrFNS/c1-10(18)15(11-5-7-13(17)8-6-11)19-14-4-2-3-12(16)9-14/h2-10,15H,18H2,1H3. The lowest BCUT2D eigenvalue weighted by molar-refractivity contribution is 0.625. The molecule has 0 radical (unpaired) electrons. The Hall–Kier alpha value is -0.840. The van der Waals surface area contributed by atoms with Crippen LogP contribution in [0, 0.1) is 5.82 Å². The van der Waals surface area contributed by atoms with Gasteiger partial charge < -0.3 is 5.73 Å². The van der Waals surface area contributed by atoms with Gasteiger partial charge in [0.1, 0.15) is 5.82 Å². The zero-order chi connectivity index (χ0) is 13.8. The summed E-state index contributed by atoms with van der Waals surface area (Å²) in [6.07, 6.45) is 0. The summed E-state index contributed by atoms with van der Waals surface area (Å²) in [6.45, 7) is 1.97. The molecule has 0 spiro atoms. The van der Waals surface area contributed by atoms with Gasteiger partial charge in [-0.15, -0.1) is 11.8 Å². The van der Waals surface area contributed by atoms with E-state index in [2.05, 4.69) is 22.0 Å². The Morgan fingerprint density at radius 2 is 1.84 bits per heavy atom. The number of thioether (sulfide) groups is 1. The van der Waals surface area contributed by atoms with Crippen molar-refractivity contribution in [2.75, 3.05) is 0 Å². The zero-order valence-corrected chi connectivity index (χ0v) is 12.9. The molecule has 0 bridgehead atoms. The van der Waals surface area contributed by atoms with E-state index in [9.17, 15) is 4.39 Å². The lowest BCUT2D eigenvalue weighted by Crippen LogP contribution is -2.22. The van der Waals surface area contributed by atoms with E-state index in [0.29, 0.717) is 0 Å². The topological polar surface area (TPSA) is 26.0 Å². The molecule has 1 nitrogen and oxygen atoms in total. The predicted octanol–water partition coefficient (Wildman–Crippen LogP) is 4.77. The molecule has 0 heterocycles. The van der Waals surface area contributed by atoms with Gasteiger partial charge in [-0.1, -0.05) is 34.1 Å². The highest BCUT2D eigenvalue weighted by molar-refractivity contribution is 9.10. The first kappa shape index (κ1) is 14.6. The fourth-order valence-corrected chi connectivity index (χ4v) is 3.52. The zero-order valence-electron chi connectivity index (χ0n) is 10.5. The van der Waals surface area contributed by atoms with Gasteiger partial charge >= 0.3 is 0 Å². The van der Waals surface area contributed by atoms with Crippen LogP contribution < -0.4 is 5.73 Å². The Labute approximate surface area is 125 Å². The Morgan fingerprint density at radius 1 is 1.16 bits per heavy atom. The third kappa shape index (κ3) is 4.06. The maximum absolute atomic E-state index is 13.0. The minimum absolute atomic E-state index is 0.0190. The first-order valence-corrected chi connectivity index (χ1v) is 7.67. The summed E-state index contributed by atoms with van der Waals surface area (Å²) in [5.74, 6) is -0.223. The van der Waals surface area contributed by atoms with Crippen LogP contribution in [0.25, 0.3) is 0 Å². The molecule has 0 aliphatic heterocycles. The minimum atomic E-state index is -0.223. The van der Waals surface area contributed by atoms with Crippen LogP contribution in [0.4, 0.5) is 4.39 Å². The van der Waals surface area contributed by atoms with Crippen LogP contribution in [0.1, 0.15) is 17.7 Å². The molecule has 0 aliphatic carbocycles. The highest BCUT2D eigenvalue weighted by Gasteiger charge is 2.17. The summed E-state index contributed by atoms with van der Waals surface area (Å²) in [6, 6.07) is 14.6. The van der Waals surface area contributed by atoms with E-state index in [1.807, 2.05) is 25.1 Å². The van der Waals surface area contributed by atoms with Crippen molar-refractivity contribution in [1.29, 1.82) is 0 Å². The van der Waals surface area contributed by atoms with Gasteiger partial charge in [0.2, 0.25) is 0 Å². The molecule has 0 saturated carbocycles. The summed E-state index contributed by atoms with van der Waals surface area (Å²) in [7, 11) is 0. The molecule has 2 aromatic carbocycles. The van der Waals surface area contributed by atoms with Crippen LogP contribution in [0.3, 0.4) is 0 Å². The Balaban J connectivity index is 2.23. The molecule has 2 rings (SSSR count). The minimum Gasteiger partial charge on any atom is -0.327 e. The monoisotopic (exact) mass is 339 g/mol. The third-order valence-corrected chi connectivity index (χ3v) is 4.71. The molecule has 0 aliphatic rings. The molecule has 2 N–H and O–H groups in total. The molecule has 0 amide bonds. The van der Waals surface area contributed by atoms with E-state index in [1.54, 1.807) is 23.9 Å². The second kappa shape index (κ2) is 6.55. The molecule has 0 aromatic heterocycles. The van der Waals surface area contributed by atoms with E-state index in [-0.39, 0.29) is 17.1 Å². The molecule has 2 unspecified atom stereocenters. The molecule has 100 valence electrons. The van der Waals surface area contributed by atoms with Gasteiger partial charge in [-0.2, -0.15) is 0 Å². The van der Waals surface area contributed by atoms with Crippen LogP contribution in [0.2, 0.25) is 0 Å². The number of halogens is 2. The SMILES string of the molecule is CC(N)C(Sc1cccc(Br)c1)c1ccc(F)cc1. The van der Waals surface area contributed by atoms with Crippen molar-refractivity contribution in [3.05, 3.63) is 64.4 Å². The number of nitrogens with two attached hydrogens (primary N) is 1. The van der Waals surface area contributed by atoms with Gasteiger partial charge in [0.05, 0.1) is 0 Å². The lowest BCUT2D eigenvalue weighted by atomic mass is 10.1. The quantitative estimate of drug-likeness (QED) is 0.812. The van der Waals surface area contributed by atoms with Crippen LogP contribution in [0.15, 0.2) is 57.9 Å². The van der Waals surface area contributed by atoms with E-state index >= 15 is 0 Å². The average molecular weight is 340 g/mol.